The van der Waals surface area contributed by atoms with Crippen molar-refractivity contribution in [2.75, 3.05) is 26.9 Å². The summed E-state index contributed by atoms with van der Waals surface area (Å²) in [7, 11) is -0.484. The molecule has 8 heteroatoms. The highest BCUT2D eigenvalue weighted by Gasteiger charge is 2.48. The van der Waals surface area contributed by atoms with Gasteiger partial charge in [0.15, 0.2) is 20.9 Å². The molecule has 0 aromatic carbocycles. The number of rotatable bonds is 13. The van der Waals surface area contributed by atoms with E-state index in [1.165, 1.54) is 7.11 Å². The summed E-state index contributed by atoms with van der Waals surface area (Å²) in [6.45, 7) is 13.7. The molecule has 0 amide bonds. The molecular formula is C30H54O7Si. The van der Waals surface area contributed by atoms with Crippen LogP contribution in [0.2, 0.25) is 18.1 Å². The molecule has 2 unspecified atom stereocenters. The van der Waals surface area contributed by atoms with E-state index in [1.807, 2.05) is 0 Å². The Balaban J connectivity index is 1.73. The molecule has 3 rings (SSSR count). The van der Waals surface area contributed by atoms with Crippen LogP contribution in [-0.2, 0) is 32.9 Å². The lowest BCUT2D eigenvalue weighted by molar-refractivity contribution is -0.204. The Labute approximate surface area is 232 Å². The van der Waals surface area contributed by atoms with E-state index in [4.69, 9.17) is 28.1 Å². The van der Waals surface area contributed by atoms with E-state index in [0.717, 1.165) is 77.4 Å². The zero-order valence-corrected chi connectivity index (χ0v) is 25.9. The molecule has 0 aromatic heterocycles. The van der Waals surface area contributed by atoms with Crippen molar-refractivity contribution in [2.45, 2.75) is 134 Å². The second-order valence-electron chi connectivity index (χ2n) is 12.8. The quantitative estimate of drug-likeness (QED) is 0.108. The first kappa shape index (κ1) is 31.8. The van der Waals surface area contributed by atoms with Crippen LogP contribution in [0.25, 0.3) is 0 Å². The number of ether oxygens (including phenoxy) is 5. The van der Waals surface area contributed by atoms with Crippen LogP contribution in [0.4, 0.5) is 0 Å². The SMILES string of the molecule is COC(=O)CCC/C=C\C[C@@H]1[C@@H](CO[Si](C)(C)C(C)(C)C)[C@H](OC2CCCCO2)C[C@@H]1OC1CCCCO1. The second kappa shape index (κ2) is 15.3. The molecule has 0 bridgehead atoms. The maximum Gasteiger partial charge on any atom is 0.305 e. The second-order valence-corrected chi connectivity index (χ2v) is 17.6. The minimum atomic E-state index is -1.93. The third-order valence-corrected chi connectivity index (χ3v) is 13.4. The molecule has 7 nitrogen and oxygen atoms in total. The summed E-state index contributed by atoms with van der Waals surface area (Å²) in [5.41, 5.74) is 0. The Bertz CT molecular complexity index is 723. The summed E-state index contributed by atoms with van der Waals surface area (Å²) < 4.78 is 36.9. The number of unbranched alkanes of at least 4 members (excludes halogenated alkanes) is 1. The molecule has 2 heterocycles. The monoisotopic (exact) mass is 554 g/mol. The first-order valence-electron chi connectivity index (χ1n) is 15.0. The maximum absolute atomic E-state index is 11.4. The molecular weight excluding hydrogens is 500 g/mol. The number of methoxy groups -OCH3 is 1. The van der Waals surface area contributed by atoms with E-state index in [9.17, 15) is 4.79 Å². The average Bonchev–Trinajstić information content (AvgIpc) is 3.20. The van der Waals surface area contributed by atoms with Gasteiger partial charge in [0, 0.05) is 38.6 Å². The van der Waals surface area contributed by atoms with Gasteiger partial charge in [0.2, 0.25) is 0 Å². The minimum Gasteiger partial charge on any atom is -0.469 e. The number of carbonyl (C=O) groups is 1. The maximum atomic E-state index is 11.4. The molecule has 3 fully saturated rings. The minimum absolute atomic E-state index is 0.0363. The van der Waals surface area contributed by atoms with Crippen molar-refractivity contribution in [2.24, 2.45) is 11.8 Å². The van der Waals surface area contributed by atoms with Crippen LogP contribution in [0.3, 0.4) is 0 Å². The highest BCUT2D eigenvalue weighted by atomic mass is 28.4. The summed E-state index contributed by atoms with van der Waals surface area (Å²) in [4.78, 5) is 11.4. The molecule has 0 N–H and O–H groups in total. The molecule has 220 valence electrons. The smallest absolute Gasteiger partial charge is 0.305 e. The van der Waals surface area contributed by atoms with Gasteiger partial charge in [-0.15, -0.1) is 0 Å². The van der Waals surface area contributed by atoms with Gasteiger partial charge in [0.05, 0.1) is 19.3 Å². The molecule has 1 aliphatic carbocycles. The highest BCUT2D eigenvalue weighted by molar-refractivity contribution is 6.74. The van der Waals surface area contributed by atoms with E-state index in [1.54, 1.807) is 0 Å². The van der Waals surface area contributed by atoms with Crippen LogP contribution >= 0.6 is 0 Å². The van der Waals surface area contributed by atoms with Crippen molar-refractivity contribution in [1.29, 1.82) is 0 Å². The number of hydrogen-bond donors (Lipinski definition) is 0. The molecule has 0 aromatic rings. The van der Waals surface area contributed by atoms with Gasteiger partial charge in [-0.2, -0.15) is 0 Å². The van der Waals surface area contributed by atoms with Crippen molar-refractivity contribution in [1.82, 2.24) is 0 Å². The van der Waals surface area contributed by atoms with Crippen molar-refractivity contribution in [3.63, 3.8) is 0 Å². The van der Waals surface area contributed by atoms with E-state index in [2.05, 4.69) is 46.0 Å². The van der Waals surface area contributed by atoms with Crippen LogP contribution in [-0.4, -0.2) is 66.0 Å². The van der Waals surface area contributed by atoms with Crippen LogP contribution < -0.4 is 0 Å². The molecule has 0 spiro atoms. The number of esters is 1. The Morgan fingerprint density at radius 1 is 0.921 bits per heavy atom. The zero-order valence-electron chi connectivity index (χ0n) is 24.9. The molecule has 2 aliphatic heterocycles. The fourth-order valence-electron chi connectivity index (χ4n) is 5.39. The normalized spacial score (nSPS) is 31.1. The summed E-state index contributed by atoms with van der Waals surface area (Å²) in [5, 5.41) is 0.148. The van der Waals surface area contributed by atoms with Gasteiger partial charge in [-0.05, 0) is 81.8 Å². The average molecular weight is 555 g/mol. The topological polar surface area (TPSA) is 72.5 Å². The number of hydrogen-bond acceptors (Lipinski definition) is 7. The largest absolute Gasteiger partial charge is 0.469 e. The summed E-state index contributed by atoms with van der Waals surface area (Å²) >= 11 is 0. The Morgan fingerprint density at radius 3 is 2.05 bits per heavy atom. The predicted molar refractivity (Wildman–Crippen MR) is 151 cm³/mol. The van der Waals surface area contributed by atoms with Gasteiger partial charge in [-0.1, -0.05) is 32.9 Å². The van der Waals surface area contributed by atoms with E-state index in [-0.39, 0.29) is 47.6 Å². The van der Waals surface area contributed by atoms with Crippen molar-refractivity contribution in [3.8, 4) is 0 Å². The van der Waals surface area contributed by atoms with Crippen LogP contribution in [0.1, 0.15) is 91.4 Å². The summed E-state index contributed by atoms with van der Waals surface area (Å²) in [6, 6.07) is 0. The van der Waals surface area contributed by atoms with Gasteiger partial charge in [0.1, 0.15) is 0 Å². The predicted octanol–water partition coefficient (Wildman–Crippen LogP) is 6.76. The van der Waals surface area contributed by atoms with Gasteiger partial charge in [0.25, 0.3) is 0 Å². The summed E-state index contributed by atoms with van der Waals surface area (Å²) in [6.07, 6.45) is 14.5. The van der Waals surface area contributed by atoms with Crippen LogP contribution in [0, 0.1) is 11.8 Å². The standard InChI is InChI=1S/C30H54O7Si/c1-30(2,3)38(5,6)35-22-24-23(15-9-7-8-10-16-27(31)32-4)25(36-28-17-11-13-19-33-28)21-26(24)37-29-18-12-14-20-34-29/h7,9,23-26,28-29H,8,10-22H2,1-6H3/b9-7-/t23-,24-,25+,26-,28?,29?/m1/s1. The molecule has 0 radical (unpaired) electrons. The highest BCUT2D eigenvalue weighted by Crippen LogP contribution is 2.43. The third-order valence-electron chi connectivity index (χ3n) is 8.90. The lowest BCUT2D eigenvalue weighted by Gasteiger charge is -2.39. The third kappa shape index (κ3) is 9.70. The molecule has 6 atom stereocenters. The Hall–Kier alpha value is -0.773. The van der Waals surface area contributed by atoms with E-state index in [0.29, 0.717) is 13.0 Å². The van der Waals surface area contributed by atoms with Gasteiger partial charge in [-0.25, -0.2) is 0 Å². The van der Waals surface area contributed by atoms with Crippen molar-refractivity contribution >= 4 is 14.3 Å². The zero-order chi connectivity index (χ0) is 27.6. The molecule has 1 saturated carbocycles. The van der Waals surface area contributed by atoms with E-state index < -0.39 is 8.32 Å². The van der Waals surface area contributed by atoms with Gasteiger partial charge >= 0.3 is 5.97 Å². The molecule has 2 saturated heterocycles. The number of carbonyl (C=O) groups excluding carboxylic acids is 1. The van der Waals surface area contributed by atoms with Crippen molar-refractivity contribution < 1.29 is 32.9 Å². The first-order chi connectivity index (χ1) is 18.1. The lowest BCUT2D eigenvalue weighted by Crippen LogP contribution is -2.44. The molecule has 38 heavy (non-hydrogen) atoms. The Kier molecular flexibility index (Phi) is 12.8. The fraction of sp³-hybridized carbons (Fsp3) is 0.900. The van der Waals surface area contributed by atoms with Crippen molar-refractivity contribution in [3.05, 3.63) is 12.2 Å². The van der Waals surface area contributed by atoms with Gasteiger partial charge in [-0.3, -0.25) is 4.79 Å². The Morgan fingerprint density at radius 2 is 1.53 bits per heavy atom. The van der Waals surface area contributed by atoms with Gasteiger partial charge < -0.3 is 28.1 Å². The first-order valence-corrected chi connectivity index (χ1v) is 17.9. The molecule has 3 aliphatic rings. The van der Waals surface area contributed by atoms with Crippen LogP contribution in [0.5, 0.6) is 0 Å². The summed E-state index contributed by atoms with van der Waals surface area (Å²) in [5.74, 6) is 0.349. The lowest BCUT2D eigenvalue weighted by atomic mass is 9.90. The van der Waals surface area contributed by atoms with E-state index >= 15 is 0 Å². The fourth-order valence-corrected chi connectivity index (χ4v) is 6.43. The van der Waals surface area contributed by atoms with Crippen LogP contribution in [0.15, 0.2) is 12.2 Å². The number of allylic oxidation sites excluding steroid dienone is 2.